The van der Waals surface area contributed by atoms with Crippen molar-refractivity contribution in [1.82, 2.24) is 0 Å². The van der Waals surface area contributed by atoms with Crippen LogP contribution in [0.15, 0.2) is 18.2 Å². The van der Waals surface area contributed by atoms with Crippen LogP contribution >= 0.6 is 0 Å². The quantitative estimate of drug-likeness (QED) is 0.779. The fourth-order valence-corrected chi connectivity index (χ4v) is 1.87. The number of rotatable bonds is 5. The number of benzene rings is 1. The second-order valence-electron chi connectivity index (χ2n) is 4.17. The summed E-state index contributed by atoms with van der Waals surface area (Å²) < 4.78 is 4.71. The topological polar surface area (TPSA) is 90.6 Å². The first-order chi connectivity index (χ1) is 9.01. The molecule has 0 bridgehead atoms. The van der Waals surface area contributed by atoms with Crippen molar-refractivity contribution in [3.05, 3.63) is 34.9 Å². The SMILES string of the molecule is CCOC(=O)CC(O)C(O)c1c(C)cccc1C#N. The maximum absolute atomic E-state index is 11.3. The Balaban J connectivity index is 2.91. The normalized spacial score (nSPS) is 13.4. The van der Waals surface area contributed by atoms with Gasteiger partial charge in [0.15, 0.2) is 0 Å². The summed E-state index contributed by atoms with van der Waals surface area (Å²) in [5, 5.41) is 28.9. The van der Waals surface area contributed by atoms with E-state index in [4.69, 9.17) is 10.00 Å². The third-order valence-corrected chi connectivity index (χ3v) is 2.79. The van der Waals surface area contributed by atoms with Crippen molar-refractivity contribution in [2.24, 2.45) is 0 Å². The lowest BCUT2D eigenvalue weighted by Gasteiger charge is -2.20. The van der Waals surface area contributed by atoms with E-state index in [-0.39, 0.29) is 18.6 Å². The summed E-state index contributed by atoms with van der Waals surface area (Å²) in [5.41, 5.74) is 1.33. The lowest BCUT2D eigenvalue weighted by Crippen LogP contribution is -2.24. The highest BCUT2D eigenvalue weighted by molar-refractivity contribution is 5.70. The average molecular weight is 263 g/mol. The van der Waals surface area contributed by atoms with Gasteiger partial charge < -0.3 is 14.9 Å². The molecule has 5 nitrogen and oxygen atoms in total. The highest BCUT2D eigenvalue weighted by atomic mass is 16.5. The zero-order valence-electron chi connectivity index (χ0n) is 11.0. The number of carbonyl (C=O) groups is 1. The van der Waals surface area contributed by atoms with E-state index in [1.165, 1.54) is 0 Å². The molecule has 0 amide bonds. The Morgan fingerprint density at radius 3 is 2.74 bits per heavy atom. The predicted octanol–water partition coefficient (Wildman–Crippen LogP) is 1.21. The standard InChI is InChI=1S/C14H17NO4/c1-3-19-12(17)7-11(16)14(18)13-9(2)5-4-6-10(13)8-15/h4-6,11,14,16,18H,3,7H2,1-2H3. The van der Waals surface area contributed by atoms with E-state index in [0.717, 1.165) is 0 Å². The van der Waals surface area contributed by atoms with E-state index in [1.807, 2.05) is 6.07 Å². The molecule has 5 heteroatoms. The third kappa shape index (κ3) is 3.78. The van der Waals surface area contributed by atoms with Crippen LogP contribution < -0.4 is 0 Å². The van der Waals surface area contributed by atoms with Crippen molar-refractivity contribution < 1.29 is 19.7 Å². The molecule has 102 valence electrons. The van der Waals surface area contributed by atoms with Gasteiger partial charge in [0.25, 0.3) is 0 Å². The zero-order valence-corrected chi connectivity index (χ0v) is 11.0. The van der Waals surface area contributed by atoms with Crippen molar-refractivity contribution in [3.8, 4) is 6.07 Å². The molecule has 1 rings (SSSR count). The van der Waals surface area contributed by atoms with E-state index in [0.29, 0.717) is 11.1 Å². The summed E-state index contributed by atoms with van der Waals surface area (Å²) in [6, 6.07) is 6.95. The van der Waals surface area contributed by atoms with Crippen molar-refractivity contribution in [2.75, 3.05) is 6.61 Å². The minimum absolute atomic E-state index is 0.218. The molecule has 0 saturated heterocycles. The van der Waals surface area contributed by atoms with Crippen LogP contribution in [0.4, 0.5) is 0 Å². The number of nitriles is 1. The Kier molecular flexibility index (Phi) is 5.49. The molecule has 0 aliphatic carbocycles. The van der Waals surface area contributed by atoms with Gasteiger partial charge in [0.1, 0.15) is 6.10 Å². The van der Waals surface area contributed by atoms with Crippen LogP contribution in [0.5, 0.6) is 0 Å². The highest BCUT2D eigenvalue weighted by Gasteiger charge is 2.25. The average Bonchev–Trinajstić information content (AvgIpc) is 2.37. The van der Waals surface area contributed by atoms with Gasteiger partial charge in [-0.1, -0.05) is 12.1 Å². The van der Waals surface area contributed by atoms with Crippen molar-refractivity contribution in [1.29, 1.82) is 5.26 Å². The van der Waals surface area contributed by atoms with Crippen LogP contribution in [0.1, 0.15) is 36.1 Å². The van der Waals surface area contributed by atoms with Gasteiger partial charge in [-0.3, -0.25) is 4.79 Å². The molecule has 0 fully saturated rings. The van der Waals surface area contributed by atoms with Crippen LogP contribution in [0.25, 0.3) is 0 Å². The Bertz CT molecular complexity index is 493. The van der Waals surface area contributed by atoms with Crippen LogP contribution in [0.2, 0.25) is 0 Å². The molecule has 0 radical (unpaired) electrons. The second-order valence-corrected chi connectivity index (χ2v) is 4.17. The molecule has 0 aliphatic rings. The zero-order chi connectivity index (χ0) is 14.4. The number of nitrogens with zero attached hydrogens (tertiary/aromatic N) is 1. The molecule has 1 aromatic rings. The summed E-state index contributed by atoms with van der Waals surface area (Å²) >= 11 is 0. The largest absolute Gasteiger partial charge is 0.466 e. The molecule has 0 heterocycles. The lowest BCUT2D eigenvalue weighted by atomic mass is 9.93. The molecular weight excluding hydrogens is 246 g/mol. The van der Waals surface area contributed by atoms with E-state index in [1.54, 1.807) is 32.0 Å². The fraction of sp³-hybridized carbons (Fsp3) is 0.429. The molecule has 19 heavy (non-hydrogen) atoms. The molecule has 2 N–H and O–H groups in total. The van der Waals surface area contributed by atoms with Crippen LogP contribution in [0.3, 0.4) is 0 Å². The molecule has 0 aliphatic heterocycles. The Labute approximate surface area is 112 Å². The summed E-state index contributed by atoms with van der Waals surface area (Å²) in [7, 11) is 0. The lowest BCUT2D eigenvalue weighted by molar-refractivity contribution is -0.147. The third-order valence-electron chi connectivity index (χ3n) is 2.79. The summed E-state index contributed by atoms with van der Waals surface area (Å²) in [6.07, 6.45) is -2.90. The van der Waals surface area contributed by atoms with E-state index in [2.05, 4.69) is 0 Å². The highest BCUT2D eigenvalue weighted by Crippen LogP contribution is 2.26. The van der Waals surface area contributed by atoms with Gasteiger partial charge in [0.2, 0.25) is 0 Å². The monoisotopic (exact) mass is 263 g/mol. The number of aliphatic hydroxyl groups excluding tert-OH is 2. The van der Waals surface area contributed by atoms with Crippen molar-refractivity contribution >= 4 is 5.97 Å². The second kappa shape index (κ2) is 6.88. The minimum atomic E-state index is -1.30. The van der Waals surface area contributed by atoms with E-state index >= 15 is 0 Å². The van der Waals surface area contributed by atoms with Gasteiger partial charge in [-0.15, -0.1) is 0 Å². The van der Waals surface area contributed by atoms with Crippen LogP contribution in [-0.2, 0) is 9.53 Å². The molecule has 0 spiro atoms. The smallest absolute Gasteiger partial charge is 0.308 e. The van der Waals surface area contributed by atoms with Gasteiger partial charge in [-0.2, -0.15) is 5.26 Å². The first-order valence-electron chi connectivity index (χ1n) is 6.02. The van der Waals surface area contributed by atoms with E-state index in [9.17, 15) is 15.0 Å². The number of hydrogen-bond donors (Lipinski definition) is 2. The summed E-state index contributed by atoms with van der Waals surface area (Å²) in [6.45, 7) is 3.61. The molecule has 0 saturated carbocycles. The number of hydrogen-bond acceptors (Lipinski definition) is 5. The predicted molar refractivity (Wildman–Crippen MR) is 68.1 cm³/mol. The minimum Gasteiger partial charge on any atom is -0.466 e. The van der Waals surface area contributed by atoms with Gasteiger partial charge in [0, 0.05) is 5.56 Å². The first kappa shape index (κ1) is 15.2. The Morgan fingerprint density at radius 1 is 1.47 bits per heavy atom. The number of carbonyl (C=O) groups excluding carboxylic acids is 1. The number of aliphatic hydroxyl groups is 2. The molecular formula is C14H17NO4. The molecule has 2 unspecified atom stereocenters. The maximum atomic E-state index is 11.3. The summed E-state index contributed by atoms with van der Waals surface area (Å²) in [4.78, 5) is 11.3. The first-order valence-corrected chi connectivity index (χ1v) is 6.02. The van der Waals surface area contributed by atoms with E-state index < -0.39 is 18.2 Å². The van der Waals surface area contributed by atoms with Crippen molar-refractivity contribution in [3.63, 3.8) is 0 Å². The van der Waals surface area contributed by atoms with Gasteiger partial charge >= 0.3 is 5.97 Å². The van der Waals surface area contributed by atoms with Gasteiger partial charge in [0.05, 0.1) is 30.8 Å². The number of esters is 1. The number of ether oxygens (including phenoxy) is 1. The number of aryl methyl sites for hydroxylation is 1. The molecule has 1 aromatic carbocycles. The molecule has 2 atom stereocenters. The summed E-state index contributed by atoms with van der Waals surface area (Å²) in [5.74, 6) is -0.582. The Hall–Kier alpha value is -1.90. The van der Waals surface area contributed by atoms with Crippen molar-refractivity contribution in [2.45, 2.75) is 32.5 Å². The van der Waals surface area contributed by atoms with Crippen LogP contribution in [0, 0.1) is 18.3 Å². The maximum Gasteiger partial charge on any atom is 0.308 e. The van der Waals surface area contributed by atoms with Crippen LogP contribution in [-0.4, -0.2) is 28.9 Å². The molecule has 0 aromatic heterocycles. The Morgan fingerprint density at radius 2 is 2.16 bits per heavy atom. The van der Waals surface area contributed by atoms with Gasteiger partial charge in [-0.25, -0.2) is 0 Å². The van der Waals surface area contributed by atoms with Gasteiger partial charge in [-0.05, 0) is 25.5 Å². The fourth-order valence-electron chi connectivity index (χ4n) is 1.87.